The molecule has 3 nitrogen and oxygen atoms in total. The van der Waals surface area contributed by atoms with Gasteiger partial charge in [-0.05, 0) is 59.5 Å². The van der Waals surface area contributed by atoms with E-state index >= 15 is 0 Å². The van der Waals surface area contributed by atoms with Crippen LogP contribution in [0.15, 0.2) is 18.2 Å². The highest BCUT2D eigenvalue weighted by atomic mass is 127. The Balaban J connectivity index is 1.88. The molecule has 4 N–H and O–H groups in total. The van der Waals surface area contributed by atoms with Crippen molar-refractivity contribution < 1.29 is 5.11 Å². The van der Waals surface area contributed by atoms with Crippen molar-refractivity contribution in [2.24, 2.45) is 5.92 Å². The largest absolute Gasteiger partial charge is 0.399 e. The van der Waals surface area contributed by atoms with E-state index in [0.29, 0.717) is 5.92 Å². The van der Waals surface area contributed by atoms with Crippen molar-refractivity contribution in [2.75, 3.05) is 17.6 Å². The second-order valence-electron chi connectivity index (χ2n) is 4.11. The molecule has 0 aromatic heterocycles. The Hall–Kier alpha value is -0.490. The SMILES string of the molecule is Nc1ccc(NCC2CC(O)C2)c(I)c1. The van der Waals surface area contributed by atoms with Crippen LogP contribution in [0, 0.1) is 9.49 Å². The van der Waals surface area contributed by atoms with Crippen LogP contribution >= 0.6 is 22.6 Å². The third-order valence-electron chi connectivity index (χ3n) is 2.79. The lowest BCUT2D eigenvalue weighted by atomic mass is 9.82. The van der Waals surface area contributed by atoms with E-state index in [4.69, 9.17) is 10.8 Å². The molecule has 15 heavy (non-hydrogen) atoms. The van der Waals surface area contributed by atoms with Crippen LogP contribution in [0.1, 0.15) is 12.8 Å². The molecule has 2 rings (SSSR count). The molecular weight excluding hydrogens is 303 g/mol. The van der Waals surface area contributed by atoms with Gasteiger partial charge in [0.25, 0.3) is 0 Å². The van der Waals surface area contributed by atoms with Crippen molar-refractivity contribution in [1.29, 1.82) is 0 Å². The summed E-state index contributed by atoms with van der Waals surface area (Å²) >= 11 is 2.28. The maximum atomic E-state index is 9.16. The number of nitrogens with one attached hydrogen (secondary N) is 1. The molecule has 0 atom stereocenters. The lowest BCUT2D eigenvalue weighted by Gasteiger charge is -2.31. The number of hydrogen-bond donors (Lipinski definition) is 3. The number of rotatable bonds is 3. The first kappa shape index (κ1) is 11.0. The highest BCUT2D eigenvalue weighted by molar-refractivity contribution is 14.1. The first-order chi connectivity index (χ1) is 7.15. The van der Waals surface area contributed by atoms with Crippen molar-refractivity contribution >= 4 is 34.0 Å². The monoisotopic (exact) mass is 318 g/mol. The number of anilines is 2. The first-order valence-corrected chi connectivity index (χ1v) is 6.20. The van der Waals surface area contributed by atoms with E-state index in [1.807, 2.05) is 18.2 Å². The van der Waals surface area contributed by atoms with Crippen LogP contribution in [0.4, 0.5) is 11.4 Å². The quantitative estimate of drug-likeness (QED) is 0.591. The summed E-state index contributed by atoms with van der Waals surface area (Å²) in [5.74, 6) is 0.619. The molecule has 4 heteroatoms. The van der Waals surface area contributed by atoms with Crippen molar-refractivity contribution in [2.45, 2.75) is 18.9 Å². The van der Waals surface area contributed by atoms with Gasteiger partial charge in [-0.15, -0.1) is 0 Å². The van der Waals surface area contributed by atoms with Gasteiger partial charge >= 0.3 is 0 Å². The van der Waals surface area contributed by atoms with Crippen molar-refractivity contribution in [3.8, 4) is 0 Å². The summed E-state index contributed by atoms with van der Waals surface area (Å²) in [6, 6.07) is 5.87. The van der Waals surface area contributed by atoms with Gasteiger partial charge in [0.05, 0.1) is 6.10 Å². The highest BCUT2D eigenvalue weighted by Crippen LogP contribution is 2.28. The molecule has 1 saturated carbocycles. The van der Waals surface area contributed by atoms with Gasteiger partial charge in [0.15, 0.2) is 0 Å². The molecule has 0 saturated heterocycles. The van der Waals surface area contributed by atoms with E-state index in [9.17, 15) is 0 Å². The summed E-state index contributed by atoms with van der Waals surface area (Å²) in [6.07, 6.45) is 1.79. The summed E-state index contributed by atoms with van der Waals surface area (Å²) in [5.41, 5.74) is 7.60. The molecular formula is C11H15IN2O. The number of aliphatic hydroxyl groups is 1. The average Bonchev–Trinajstić information content (AvgIpc) is 2.13. The van der Waals surface area contributed by atoms with Gasteiger partial charge in [0.1, 0.15) is 0 Å². The molecule has 1 fully saturated rings. The fraction of sp³-hybridized carbons (Fsp3) is 0.455. The van der Waals surface area contributed by atoms with E-state index in [-0.39, 0.29) is 6.10 Å². The third-order valence-corrected chi connectivity index (χ3v) is 3.68. The molecule has 0 heterocycles. The zero-order valence-electron chi connectivity index (χ0n) is 8.41. The second kappa shape index (κ2) is 4.57. The molecule has 1 aliphatic carbocycles. The van der Waals surface area contributed by atoms with E-state index in [0.717, 1.165) is 34.3 Å². The fourth-order valence-corrected chi connectivity index (χ4v) is 2.53. The molecule has 0 aliphatic heterocycles. The third kappa shape index (κ3) is 2.75. The number of hydrogen-bond acceptors (Lipinski definition) is 3. The molecule has 0 radical (unpaired) electrons. The first-order valence-electron chi connectivity index (χ1n) is 5.12. The Bertz CT molecular complexity index is 350. The van der Waals surface area contributed by atoms with Gasteiger partial charge in [0.2, 0.25) is 0 Å². The van der Waals surface area contributed by atoms with Crippen LogP contribution in [-0.2, 0) is 0 Å². The van der Waals surface area contributed by atoms with Gasteiger partial charge in [-0.2, -0.15) is 0 Å². The van der Waals surface area contributed by atoms with Crippen molar-refractivity contribution in [3.05, 3.63) is 21.8 Å². The molecule has 1 aromatic carbocycles. The van der Waals surface area contributed by atoms with E-state index in [1.54, 1.807) is 0 Å². The maximum absolute atomic E-state index is 9.16. The topological polar surface area (TPSA) is 58.3 Å². The molecule has 1 aliphatic rings. The van der Waals surface area contributed by atoms with E-state index in [1.165, 1.54) is 0 Å². The lowest BCUT2D eigenvalue weighted by Crippen LogP contribution is -2.33. The van der Waals surface area contributed by atoms with Crippen LogP contribution in [0.2, 0.25) is 0 Å². The molecule has 82 valence electrons. The number of aliphatic hydroxyl groups excluding tert-OH is 1. The van der Waals surface area contributed by atoms with Gasteiger partial charge in [-0.1, -0.05) is 0 Å². The predicted molar refractivity (Wildman–Crippen MR) is 70.8 cm³/mol. The van der Waals surface area contributed by atoms with Crippen molar-refractivity contribution in [3.63, 3.8) is 0 Å². The molecule has 0 spiro atoms. The smallest absolute Gasteiger partial charge is 0.0546 e. The Morgan fingerprint density at radius 2 is 2.20 bits per heavy atom. The fourth-order valence-electron chi connectivity index (χ4n) is 1.80. The summed E-state index contributed by atoms with van der Waals surface area (Å²) in [5, 5.41) is 12.5. The van der Waals surface area contributed by atoms with Crippen molar-refractivity contribution in [1.82, 2.24) is 0 Å². The highest BCUT2D eigenvalue weighted by Gasteiger charge is 2.26. The zero-order chi connectivity index (χ0) is 10.8. The lowest BCUT2D eigenvalue weighted by molar-refractivity contribution is 0.0487. The minimum absolute atomic E-state index is 0.0673. The summed E-state index contributed by atoms with van der Waals surface area (Å²) < 4.78 is 1.15. The Kier molecular flexibility index (Phi) is 3.35. The summed E-state index contributed by atoms with van der Waals surface area (Å²) in [7, 11) is 0. The van der Waals surface area contributed by atoms with Crippen LogP contribution < -0.4 is 11.1 Å². The summed E-state index contributed by atoms with van der Waals surface area (Å²) in [6.45, 7) is 0.941. The van der Waals surface area contributed by atoms with Crippen LogP contribution in [0.25, 0.3) is 0 Å². The summed E-state index contributed by atoms with van der Waals surface area (Å²) in [4.78, 5) is 0. The molecule has 0 bridgehead atoms. The minimum Gasteiger partial charge on any atom is -0.399 e. The Morgan fingerprint density at radius 3 is 2.80 bits per heavy atom. The predicted octanol–water partition coefficient (Wildman–Crippen LogP) is 2.06. The Morgan fingerprint density at radius 1 is 1.47 bits per heavy atom. The number of halogens is 1. The Labute approximate surface area is 103 Å². The van der Waals surface area contributed by atoms with Crippen LogP contribution in [-0.4, -0.2) is 17.8 Å². The second-order valence-corrected chi connectivity index (χ2v) is 5.27. The van der Waals surface area contributed by atoms with E-state index in [2.05, 4.69) is 27.9 Å². The van der Waals surface area contributed by atoms with Crippen LogP contribution in [0.5, 0.6) is 0 Å². The normalized spacial score (nSPS) is 24.7. The standard InChI is InChI=1S/C11H15IN2O/c12-10-5-8(13)1-2-11(10)14-6-7-3-9(15)4-7/h1-2,5,7,9,14-15H,3-4,6,13H2. The minimum atomic E-state index is -0.0673. The maximum Gasteiger partial charge on any atom is 0.0546 e. The van der Waals surface area contributed by atoms with Gasteiger partial charge in [-0.25, -0.2) is 0 Å². The van der Waals surface area contributed by atoms with Crippen LogP contribution in [0.3, 0.4) is 0 Å². The number of benzene rings is 1. The average molecular weight is 318 g/mol. The molecule has 0 unspecified atom stereocenters. The number of nitrogen functional groups attached to an aromatic ring is 1. The molecule has 0 amide bonds. The zero-order valence-corrected chi connectivity index (χ0v) is 10.6. The number of nitrogens with two attached hydrogens (primary N) is 1. The van der Waals surface area contributed by atoms with Gasteiger partial charge < -0.3 is 16.2 Å². The van der Waals surface area contributed by atoms with Gasteiger partial charge in [-0.3, -0.25) is 0 Å². The van der Waals surface area contributed by atoms with E-state index < -0.39 is 0 Å². The van der Waals surface area contributed by atoms with Gasteiger partial charge in [0, 0.05) is 21.5 Å². The molecule has 1 aromatic rings.